The zero-order valence-corrected chi connectivity index (χ0v) is 8.97. The highest BCUT2D eigenvalue weighted by atomic mass is 19.1. The summed E-state index contributed by atoms with van der Waals surface area (Å²) in [5.74, 6) is 0. The molecule has 0 radical (unpaired) electrons. The van der Waals surface area contributed by atoms with E-state index in [0.29, 0.717) is 5.52 Å². The number of hydrogen-bond donors (Lipinski definition) is 0. The van der Waals surface area contributed by atoms with E-state index in [1.54, 1.807) is 0 Å². The molecule has 3 aromatic rings. The van der Waals surface area contributed by atoms with Crippen LogP contribution in [0.15, 0.2) is 54.7 Å². The van der Waals surface area contributed by atoms with Gasteiger partial charge in [-0.05, 0) is 5.56 Å². The molecule has 0 atom stereocenters. The largest absolute Gasteiger partial charge is 0.309 e. The van der Waals surface area contributed by atoms with Crippen molar-refractivity contribution in [1.29, 1.82) is 0 Å². The molecule has 0 aliphatic carbocycles. The molecule has 0 unspecified atom stereocenters. The van der Waals surface area contributed by atoms with Crippen LogP contribution in [0.5, 0.6) is 0 Å². The number of aromatic nitrogens is 2. The highest BCUT2D eigenvalue weighted by Gasteiger charge is 2.06. The molecule has 0 aliphatic rings. The summed E-state index contributed by atoms with van der Waals surface area (Å²) in [4.78, 5) is 7.44. The predicted molar refractivity (Wildman–Crippen MR) is 64.9 cm³/mol. The van der Waals surface area contributed by atoms with E-state index >= 15 is 0 Å². The molecule has 0 saturated heterocycles. The minimum atomic E-state index is -0.694. The summed E-state index contributed by atoms with van der Waals surface area (Å²) in [6.45, 7) is 0. The van der Waals surface area contributed by atoms with E-state index in [9.17, 15) is 4.39 Å². The Morgan fingerprint density at radius 2 is 1.71 bits per heavy atom. The molecule has 3 rings (SSSR count). The standard InChI is InChI=1S/C14H9FN2/c15-14-16-9-11-7-4-8-12(13(11)17-14)10-5-2-1-3-6-10/h1-9H. The van der Waals surface area contributed by atoms with E-state index in [-0.39, 0.29) is 0 Å². The topological polar surface area (TPSA) is 25.8 Å². The first-order valence-electron chi connectivity index (χ1n) is 5.31. The molecule has 0 bridgehead atoms. The van der Waals surface area contributed by atoms with Crippen molar-refractivity contribution >= 4 is 10.9 Å². The third-order valence-corrected chi connectivity index (χ3v) is 2.67. The van der Waals surface area contributed by atoms with Crippen LogP contribution >= 0.6 is 0 Å². The van der Waals surface area contributed by atoms with Crippen molar-refractivity contribution in [2.24, 2.45) is 0 Å². The second-order valence-electron chi connectivity index (χ2n) is 3.75. The molecule has 1 aromatic heterocycles. The Hall–Kier alpha value is -2.29. The molecular formula is C14H9FN2. The van der Waals surface area contributed by atoms with Crippen LogP contribution in [0.25, 0.3) is 22.0 Å². The predicted octanol–water partition coefficient (Wildman–Crippen LogP) is 3.44. The lowest BCUT2D eigenvalue weighted by molar-refractivity contribution is 0.544. The van der Waals surface area contributed by atoms with Crippen molar-refractivity contribution in [3.05, 3.63) is 60.8 Å². The normalized spacial score (nSPS) is 10.6. The molecule has 2 nitrogen and oxygen atoms in total. The van der Waals surface area contributed by atoms with Gasteiger partial charge in [0.2, 0.25) is 0 Å². The Morgan fingerprint density at radius 1 is 0.882 bits per heavy atom. The van der Waals surface area contributed by atoms with E-state index in [1.165, 1.54) is 6.20 Å². The molecular weight excluding hydrogens is 215 g/mol. The van der Waals surface area contributed by atoms with E-state index in [1.807, 2.05) is 48.5 Å². The van der Waals surface area contributed by atoms with Crippen LogP contribution in [0.2, 0.25) is 0 Å². The third-order valence-electron chi connectivity index (χ3n) is 2.67. The van der Waals surface area contributed by atoms with Gasteiger partial charge >= 0.3 is 6.08 Å². The minimum absolute atomic E-state index is 0.645. The summed E-state index contributed by atoms with van der Waals surface area (Å²) >= 11 is 0. The Balaban J connectivity index is 2.33. The van der Waals surface area contributed by atoms with Gasteiger partial charge in [-0.3, -0.25) is 0 Å². The quantitative estimate of drug-likeness (QED) is 0.592. The average Bonchev–Trinajstić information content (AvgIpc) is 2.39. The summed E-state index contributed by atoms with van der Waals surface area (Å²) in [5, 5.41) is 0.841. The molecule has 82 valence electrons. The molecule has 0 saturated carbocycles. The first kappa shape index (κ1) is 9.90. The fraction of sp³-hybridized carbons (Fsp3) is 0. The lowest BCUT2D eigenvalue weighted by Gasteiger charge is -2.05. The SMILES string of the molecule is Fc1ncc2cccc(-c3ccccc3)c2n1. The van der Waals surface area contributed by atoms with Crippen molar-refractivity contribution in [2.75, 3.05) is 0 Å². The number of fused-ring (bicyclic) bond motifs is 1. The maximum absolute atomic E-state index is 13.1. The van der Waals surface area contributed by atoms with Crippen molar-refractivity contribution in [3.63, 3.8) is 0 Å². The van der Waals surface area contributed by atoms with E-state index < -0.39 is 6.08 Å². The van der Waals surface area contributed by atoms with Gasteiger partial charge in [-0.25, -0.2) is 9.97 Å². The molecule has 0 spiro atoms. The van der Waals surface area contributed by atoms with Gasteiger partial charge in [0.1, 0.15) is 0 Å². The zero-order chi connectivity index (χ0) is 11.7. The van der Waals surface area contributed by atoms with Gasteiger partial charge in [-0.2, -0.15) is 4.39 Å². The number of para-hydroxylation sites is 1. The Morgan fingerprint density at radius 3 is 2.53 bits per heavy atom. The summed E-state index contributed by atoms with van der Waals surface area (Å²) in [6, 6.07) is 15.5. The number of rotatable bonds is 1. The number of benzene rings is 2. The number of halogens is 1. The van der Waals surface area contributed by atoms with Crippen molar-refractivity contribution in [1.82, 2.24) is 9.97 Å². The lowest BCUT2D eigenvalue weighted by atomic mass is 10.0. The van der Waals surface area contributed by atoms with Gasteiger partial charge < -0.3 is 0 Å². The summed E-state index contributed by atoms with van der Waals surface area (Å²) in [6.07, 6.45) is 0.810. The van der Waals surface area contributed by atoms with Crippen LogP contribution in [0.4, 0.5) is 4.39 Å². The van der Waals surface area contributed by atoms with Crippen LogP contribution in [0, 0.1) is 6.08 Å². The van der Waals surface area contributed by atoms with Gasteiger partial charge in [0.05, 0.1) is 5.52 Å². The second kappa shape index (κ2) is 3.94. The molecule has 0 fully saturated rings. The first-order chi connectivity index (χ1) is 8.34. The van der Waals surface area contributed by atoms with E-state index in [0.717, 1.165) is 16.5 Å². The van der Waals surface area contributed by atoms with Crippen molar-refractivity contribution < 1.29 is 4.39 Å². The Kier molecular flexibility index (Phi) is 2.29. The van der Waals surface area contributed by atoms with Crippen LogP contribution in [-0.2, 0) is 0 Å². The minimum Gasteiger partial charge on any atom is -0.210 e. The maximum atomic E-state index is 13.1. The molecule has 1 heterocycles. The summed E-state index contributed by atoms with van der Waals surface area (Å²) < 4.78 is 13.1. The monoisotopic (exact) mass is 224 g/mol. The molecule has 0 aliphatic heterocycles. The van der Waals surface area contributed by atoms with Crippen LogP contribution in [0.1, 0.15) is 0 Å². The summed E-state index contributed by atoms with van der Waals surface area (Å²) in [7, 11) is 0. The van der Waals surface area contributed by atoms with Gasteiger partial charge in [0, 0.05) is 17.1 Å². The van der Waals surface area contributed by atoms with Gasteiger partial charge in [0.25, 0.3) is 0 Å². The molecule has 0 N–H and O–H groups in total. The van der Waals surface area contributed by atoms with Crippen molar-refractivity contribution in [2.45, 2.75) is 0 Å². The highest BCUT2D eigenvalue weighted by molar-refractivity contribution is 5.92. The highest BCUT2D eigenvalue weighted by Crippen LogP contribution is 2.26. The fourth-order valence-electron chi connectivity index (χ4n) is 1.88. The van der Waals surface area contributed by atoms with Crippen LogP contribution in [0.3, 0.4) is 0 Å². The summed E-state index contributed by atoms with van der Waals surface area (Å²) in [5.41, 5.74) is 2.59. The Labute approximate surface area is 97.8 Å². The smallest absolute Gasteiger partial charge is 0.210 e. The van der Waals surface area contributed by atoms with Gasteiger partial charge in [-0.1, -0.05) is 48.5 Å². The molecule has 17 heavy (non-hydrogen) atoms. The van der Waals surface area contributed by atoms with Crippen molar-refractivity contribution in [3.8, 4) is 11.1 Å². The zero-order valence-electron chi connectivity index (χ0n) is 8.97. The fourth-order valence-corrected chi connectivity index (χ4v) is 1.88. The van der Waals surface area contributed by atoms with Crippen LogP contribution < -0.4 is 0 Å². The second-order valence-corrected chi connectivity index (χ2v) is 3.75. The van der Waals surface area contributed by atoms with Gasteiger partial charge in [-0.15, -0.1) is 0 Å². The lowest BCUT2D eigenvalue weighted by Crippen LogP contribution is -1.91. The average molecular weight is 224 g/mol. The Bertz CT molecular complexity index is 665. The maximum Gasteiger partial charge on any atom is 0.309 e. The number of hydrogen-bond acceptors (Lipinski definition) is 2. The first-order valence-corrected chi connectivity index (χ1v) is 5.31. The van der Waals surface area contributed by atoms with E-state index in [4.69, 9.17) is 0 Å². The van der Waals surface area contributed by atoms with E-state index in [2.05, 4.69) is 9.97 Å². The van der Waals surface area contributed by atoms with Gasteiger partial charge in [0.15, 0.2) is 0 Å². The number of nitrogens with zero attached hydrogens (tertiary/aromatic N) is 2. The molecule has 3 heteroatoms. The third kappa shape index (κ3) is 1.76. The van der Waals surface area contributed by atoms with Crippen LogP contribution in [-0.4, -0.2) is 9.97 Å². The molecule has 0 amide bonds. The molecule has 2 aromatic carbocycles.